The van der Waals surface area contributed by atoms with Crippen LogP contribution in [0.25, 0.3) is 9.75 Å². The maximum absolute atomic E-state index is 12.5. The topological polar surface area (TPSA) is 0 Å². The van der Waals surface area contributed by atoms with Gasteiger partial charge in [-0.2, -0.15) is 26.3 Å². The van der Waals surface area contributed by atoms with Gasteiger partial charge in [0.1, 0.15) is 0 Å². The number of hydrogen-bond acceptors (Lipinski definition) is 2. The second-order valence-electron chi connectivity index (χ2n) is 8.02. The first-order chi connectivity index (χ1) is 14.4. The van der Waals surface area contributed by atoms with Gasteiger partial charge >= 0.3 is 12.4 Å². The SMILES string of the molecule is FC(F)(F)CCCCCC1(CCCCCC(F)(F)F)c2cc(Br)sc2-c2sc(Br)cc21. The van der Waals surface area contributed by atoms with Gasteiger partial charge in [0, 0.05) is 28.0 Å². The van der Waals surface area contributed by atoms with Crippen LogP contribution in [-0.2, 0) is 5.41 Å². The summed E-state index contributed by atoms with van der Waals surface area (Å²) in [7, 11) is 0. The monoisotopic (exact) mass is 610 g/mol. The first-order valence-corrected chi connectivity index (χ1v) is 13.4. The molecule has 2 aromatic heterocycles. The van der Waals surface area contributed by atoms with Gasteiger partial charge in [-0.15, -0.1) is 22.7 Å². The van der Waals surface area contributed by atoms with E-state index in [2.05, 4.69) is 44.0 Å². The average molecular weight is 612 g/mol. The minimum atomic E-state index is -4.14. The van der Waals surface area contributed by atoms with Crippen molar-refractivity contribution in [1.82, 2.24) is 0 Å². The van der Waals surface area contributed by atoms with Crippen LogP contribution in [0.3, 0.4) is 0 Å². The van der Waals surface area contributed by atoms with Crippen molar-refractivity contribution in [1.29, 1.82) is 0 Å². The molecular weight excluding hydrogens is 590 g/mol. The molecule has 0 spiro atoms. The lowest BCUT2D eigenvalue weighted by molar-refractivity contribution is -0.136. The van der Waals surface area contributed by atoms with Crippen molar-refractivity contribution in [3.63, 3.8) is 0 Å². The fourth-order valence-electron chi connectivity index (χ4n) is 4.44. The second kappa shape index (κ2) is 10.1. The minimum absolute atomic E-state index is 0.103. The van der Waals surface area contributed by atoms with Crippen molar-refractivity contribution >= 4 is 54.5 Å². The standard InChI is InChI=1S/C21H22Br2F6S2/c22-15-11-13-17(30-15)18-14(12-16(23)31-18)19(13,7-3-1-5-9-20(24,25)26)8-4-2-6-10-21(27,28)29/h11-12H,1-10H2. The third-order valence-electron chi connectivity index (χ3n) is 5.77. The van der Waals surface area contributed by atoms with Gasteiger partial charge in [0.2, 0.25) is 0 Å². The predicted molar refractivity (Wildman–Crippen MR) is 122 cm³/mol. The normalized spacial score (nSPS) is 15.4. The number of halogens is 8. The number of unbranched alkanes of at least 4 members (excludes halogenated alkanes) is 4. The van der Waals surface area contributed by atoms with E-state index in [0.29, 0.717) is 38.5 Å². The first-order valence-electron chi connectivity index (χ1n) is 10.1. The lowest BCUT2D eigenvalue weighted by Crippen LogP contribution is -2.25. The average Bonchev–Trinajstić information content (AvgIpc) is 3.25. The molecule has 0 N–H and O–H groups in total. The van der Waals surface area contributed by atoms with Gasteiger partial charge in [0.15, 0.2) is 0 Å². The maximum Gasteiger partial charge on any atom is 0.389 e. The highest BCUT2D eigenvalue weighted by molar-refractivity contribution is 9.11. The molecule has 174 valence electrons. The Morgan fingerprint density at radius 2 is 1.03 bits per heavy atom. The predicted octanol–water partition coefficient (Wildman–Crippen LogP) is 10.6. The van der Waals surface area contributed by atoms with E-state index >= 15 is 0 Å². The van der Waals surface area contributed by atoms with E-state index in [1.165, 1.54) is 20.9 Å². The third-order valence-corrected chi connectivity index (χ3v) is 9.21. The fraction of sp³-hybridized carbons (Fsp3) is 0.619. The Labute approximate surface area is 202 Å². The fourth-order valence-corrected chi connectivity index (χ4v) is 7.99. The van der Waals surface area contributed by atoms with Crippen LogP contribution in [0.2, 0.25) is 0 Å². The van der Waals surface area contributed by atoms with Crippen molar-refractivity contribution in [2.75, 3.05) is 0 Å². The largest absolute Gasteiger partial charge is 0.389 e. The molecule has 0 fully saturated rings. The zero-order chi connectivity index (χ0) is 22.9. The lowest BCUT2D eigenvalue weighted by atomic mass is 9.71. The number of rotatable bonds is 10. The Balaban J connectivity index is 1.76. The van der Waals surface area contributed by atoms with E-state index in [0.717, 1.165) is 7.57 Å². The van der Waals surface area contributed by atoms with Crippen LogP contribution < -0.4 is 0 Å². The summed E-state index contributed by atoms with van der Waals surface area (Å²) < 4.78 is 76.9. The van der Waals surface area contributed by atoms with Gasteiger partial charge in [0.25, 0.3) is 0 Å². The van der Waals surface area contributed by atoms with Crippen molar-refractivity contribution in [3.8, 4) is 9.75 Å². The van der Waals surface area contributed by atoms with Gasteiger partial charge in [-0.3, -0.25) is 0 Å². The summed E-state index contributed by atoms with van der Waals surface area (Å²) in [6.07, 6.45) is -5.95. The molecule has 0 nitrogen and oxygen atoms in total. The van der Waals surface area contributed by atoms with Gasteiger partial charge in [-0.05, 0) is 80.8 Å². The van der Waals surface area contributed by atoms with Crippen LogP contribution in [0.4, 0.5) is 26.3 Å². The molecule has 1 aliphatic rings. The molecule has 10 heteroatoms. The van der Waals surface area contributed by atoms with Gasteiger partial charge < -0.3 is 0 Å². The summed E-state index contributed by atoms with van der Waals surface area (Å²) in [6.45, 7) is 0. The zero-order valence-corrected chi connectivity index (χ0v) is 21.4. The molecular formula is C21H22Br2F6S2. The highest BCUT2D eigenvalue weighted by Gasteiger charge is 2.45. The number of thiophene rings is 2. The minimum Gasteiger partial charge on any atom is -0.171 e. The van der Waals surface area contributed by atoms with Crippen LogP contribution in [0.15, 0.2) is 19.7 Å². The summed E-state index contributed by atoms with van der Waals surface area (Å²) in [6, 6.07) is 4.18. The van der Waals surface area contributed by atoms with E-state index in [4.69, 9.17) is 0 Å². The molecule has 0 amide bonds. The van der Waals surface area contributed by atoms with E-state index in [1.54, 1.807) is 22.7 Å². The molecule has 0 unspecified atom stereocenters. The van der Waals surface area contributed by atoms with Crippen molar-refractivity contribution in [2.45, 2.75) is 82.0 Å². The van der Waals surface area contributed by atoms with Crippen LogP contribution in [0.5, 0.6) is 0 Å². The van der Waals surface area contributed by atoms with E-state index in [9.17, 15) is 26.3 Å². The van der Waals surface area contributed by atoms with Crippen molar-refractivity contribution in [3.05, 3.63) is 30.8 Å². The van der Waals surface area contributed by atoms with Crippen LogP contribution in [-0.4, -0.2) is 12.4 Å². The molecule has 2 aromatic rings. The Bertz CT molecular complexity index is 809. The molecule has 0 saturated heterocycles. The summed E-state index contributed by atoms with van der Waals surface area (Å²) in [4.78, 5) is 2.34. The van der Waals surface area contributed by atoms with E-state index in [1.807, 2.05) is 0 Å². The highest BCUT2D eigenvalue weighted by atomic mass is 79.9. The number of hydrogen-bond donors (Lipinski definition) is 0. The Hall–Kier alpha value is -0.0600. The molecule has 0 aliphatic heterocycles. The van der Waals surface area contributed by atoms with Crippen LogP contribution >= 0.6 is 54.5 Å². The molecule has 3 rings (SSSR count). The molecule has 0 atom stereocenters. The molecule has 1 aliphatic carbocycles. The maximum atomic E-state index is 12.5. The quantitative estimate of drug-likeness (QED) is 0.185. The van der Waals surface area contributed by atoms with Gasteiger partial charge in [-0.1, -0.05) is 25.7 Å². The molecule has 0 bridgehead atoms. The molecule has 0 aromatic carbocycles. The zero-order valence-electron chi connectivity index (χ0n) is 16.6. The number of fused-ring (bicyclic) bond motifs is 3. The third kappa shape index (κ3) is 6.51. The molecule has 2 heterocycles. The summed E-state index contributed by atoms with van der Waals surface area (Å²) >= 11 is 10.4. The molecule has 31 heavy (non-hydrogen) atoms. The highest BCUT2D eigenvalue weighted by Crippen LogP contribution is 2.60. The van der Waals surface area contributed by atoms with E-state index in [-0.39, 0.29) is 18.3 Å². The van der Waals surface area contributed by atoms with Crippen LogP contribution in [0, 0.1) is 0 Å². The van der Waals surface area contributed by atoms with Crippen molar-refractivity contribution < 1.29 is 26.3 Å². The van der Waals surface area contributed by atoms with Gasteiger partial charge in [-0.25, -0.2) is 0 Å². The Morgan fingerprint density at radius 3 is 1.39 bits per heavy atom. The second-order valence-corrected chi connectivity index (χ2v) is 12.9. The first kappa shape index (κ1) is 25.6. The lowest BCUT2D eigenvalue weighted by Gasteiger charge is -2.31. The Morgan fingerprint density at radius 1 is 0.645 bits per heavy atom. The molecule has 0 radical (unpaired) electrons. The smallest absolute Gasteiger partial charge is 0.171 e. The van der Waals surface area contributed by atoms with E-state index < -0.39 is 25.2 Å². The van der Waals surface area contributed by atoms with Gasteiger partial charge in [0.05, 0.1) is 7.57 Å². The summed E-state index contributed by atoms with van der Waals surface area (Å²) in [5, 5.41) is 0. The Kier molecular flexibility index (Phi) is 8.29. The molecule has 0 saturated carbocycles. The van der Waals surface area contributed by atoms with Crippen molar-refractivity contribution in [2.24, 2.45) is 0 Å². The summed E-state index contributed by atoms with van der Waals surface area (Å²) in [5.41, 5.74) is 2.00. The number of alkyl halides is 6. The summed E-state index contributed by atoms with van der Waals surface area (Å²) in [5.74, 6) is 0. The van der Waals surface area contributed by atoms with Crippen LogP contribution in [0.1, 0.15) is 75.3 Å².